The minimum Gasteiger partial charge on any atom is -0.444 e. The quantitative estimate of drug-likeness (QED) is 0.679. The molecule has 0 unspecified atom stereocenters. The highest BCUT2D eigenvalue weighted by molar-refractivity contribution is 6.29. The Morgan fingerprint density at radius 3 is 2.63 bits per heavy atom. The van der Waals surface area contributed by atoms with Gasteiger partial charge >= 0.3 is 12.3 Å². The van der Waals surface area contributed by atoms with Crippen LogP contribution in [0.2, 0.25) is 0 Å². The van der Waals surface area contributed by atoms with E-state index in [0.717, 1.165) is 12.2 Å². The SMILES string of the molecule is CC(C)(C)OC(=O)N[C@H]1CCN(C2=C\CCC/C(Cl)=C/C(C(F)(F)F)=C\2)C1. The lowest BCUT2D eigenvalue weighted by molar-refractivity contribution is -0.0883. The summed E-state index contributed by atoms with van der Waals surface area (Å²) in [5.74, 6) is 0. The smallest absolute Gasteiger partial charge is 0.416 e. The molecule has 0 aromatic heterocycles. The molecule has 1 heterocycles. The second-order valence-electron chi connectivity index (χ2n) is 7.79. The fourth-order valence-electron chi connectivity index (χ4n) is 2.99. The molecule has 2 aliphatic rings. The number of likely N-dealkylation sites (tertiary alicyclic amines) is 1. The first kappa shape index (κ1) is 21.7. The van der Waals surface area contributed by atoms with Gasteiger partial charge in [-0.1, -0.05) is 17.7 Å². The maximum atomic E-state index is 13.3. The summed E-state index contributed by atoms with van der Waals surface area (Å²) in [5, 5.41) is 2.99. The number of rotatable bonds is 2. The zero-order valence-corrected chi connectivity index (χ0v) is 16.6. The first-order valence-corrected chi connectivity index (χ1v) is 9.41. The lowest BCUT2D eigenvalue weighted by atomic mass is 10.1. The first-order valence-electron chi connectivity index (χ1n) is 9.03. The highest BCUT2D eigenvalue weighted by atomic mass is 35.5. The predicted octanol–water partition coefficient (Wildman–Crippen LogP) is 5.26. The molecule has 1 aliphatic carbocycles. The van der Waals surface area contributed by atoms with Crippen LogP contribution in [0.5, 0.6) is 0 Å². The molecule has 27 heavy (non-hydrogen) atoms. The minimum atomic E-state index is -4.47. The van der Waals surface area contributed by atoms with Crippen LogP contribution in [0.3, 0.4) is 0 Å². The molecule has 1 aliphatic heterocycles. The van der Waals surface area contributed by atoms with E-state index in [1.165, 1.54) is 0 Å². The number of halogens is 4. The predicted molar refractivity (Wildman–Crippen MR) is 99.4 cm³/mol. The van der Waals surface area contributed by atoms with Crippen molar-refractivity contribution < 1.29 is 22.7 Å². The van der Waals surface area contributed by atoms with Gasteiger partial charge in [0.25, 0.3) is 0 Å². The van der Waals surface area contributed by atoms with Gasteiger partial charge in [-0.05, 0) is 58.6 Å². The van der Waals surface area contributed by atoms with Crippen LogP contribution in [0.1, 0.15) is 46.5 Å². The van der Waals surface area contributed by atoms with Gasteiger partial charge in [0, 0.05) is 23.8 Å². The Bertz CT molecular complexity index is 648. The molecule has 152 valence electrons. The van der Waals surface area contributed by atoms with Gasteiger partial charge in [-0.3, -0.25) is 0 Å². The Hall–Kier alpha value is -1.63. The van der Waals surface area contributed by atoms with E-state index in [-0.39, 0.29) is 11.1 Å². The van der Waals surface area contributed by atoms with Gasteiger partial charge in [-0.2, -0.15) is 13.2 Å². The van der Waals surface area contributed by atoms with E-state index in [4.69, 9.17) is 16.3 Å². The van der Waals surface area contributed by atoms with E-state index < -0.39 is 23.4 Å². The van der Waals surface area contributed by atoms with Crippen LogP contribution in [-0.2, 0) is 4.74 Å². The molecular formula is C19H26ClF3N2O2. The number of alkyl carbamates (subject to hydrolysis) is 1. The first-order chi connectivity index (χ1) is 12.4. The number of carbonyl (C=O) groups is 1. The van der Waals surface area contributed by atoms with Gasteiger partial charge in [0.1, 0.15) is 5.60 Å². The molecule has 0 saturated carbocycles. The Balaban J connectivity index is 2.11. The van der Waals surface area contributed by atoms with E-state index in [1.807, 2.05) is 11.0 Å². The summed E-state index contributed by atoms with van der Waals surface area (Å²) in [6.07, 6.45) is 1.36. The summed E-state index contributed by atoms with van der Waals surface area (Å²) in [4.78, 5) is 13.8. The fourth-order valence-corrected chi connectivity index (χ4v) is 3.24. The second kappa shape index (κ2) is 8.59. The van der Waals surface area contributed by atoms with E-state index in [1.54, 1.807) is 20.8 Å². The summed E-state index contributed by atoms with van der Waals surface area (Å²) < 4.78 is 45.2. The highest BCUT2D eigenvalue weighted by Crippen LogP contribution is 2.32. The monoisotopic (exact) mass is 406 g/mol. The molecular weight excluding hydrogens is 381 g/mol. The van der Waals surface area contributed by atoms with Gasteiger partial charge in [-0.25, -0.2) is 4.79 Å². The maximum absolute atomic E-state index is 13.3. The maximum Gasteiger partial charge on any atom is 0.416 e. The van der Waals surface area contributed by atoms with Crippen LogP contribution in [0, 0.1) is 0 Å². The van der Waals surface area contributed by atoms with Crippen molar-refractivity contribution in [3.8, 4) is 0 Å². The molecule has 4 nitrogen and oxygen atoms in total. The summed E-state index contributed by atoms with van der Waals surface area (Å²) in [6, 6.07) is -0.171. The third kappa shape index (κ3) is 7.13. The van der Waals surface area contributed by atoms with Gasteiger partial charge in [0.05, 0.1) is 11.6 Å². The van der Waals surface area contributed by atoms with Crippen LogP contribution in [0.15, 0.2) is 34.5 Å². The number of hydrogen-bond acceptors (Lipinski definition) is 3. The molecule has 8 heteroatoms. The molecule has 1 atom stereocenters. The van der Waals surface area contributed by atoms with Crippen molar-refractivity contribution in [3.05, 3.63) is 34.5 Å². The van der Waals surface area contributed by atoms with Crippen LogP contribution in [0.25, 0.3) is 0 Å². The van der Waals surface area contributed by atoms with Gasteiger partial charge < -0.3 is 15.0 Å². The average Bonchev–Trinajstić information content (AvgIpc) is 2.96. The van der Waals surface area contributed by atoms with Crippen molar-refractivity contribution in [2.45, 2.75) is 64.3 Å². The average molecular weight is 407 g/mol. The standard InChI is InChI=1S/C19H26ClF3N2O2/c1-18(2,3)27-17(26)24-15-8-9-25(12-15)16-7-5-4-6-14(20)10-13(11-16)19(21,22)23/h7,10-11,15H,4-6,8-9,12H2,1-3H3,(H,24,26)/b13-11+,14-10-,16-7-/t15-/m0/s1. The van der Waals surface area contributed by atoms with Crippen LogP contribution < -0.4 is 5.32 Å². The Labute approximate surface area is 163 Å². The lowest BCUT2D eigenvalue weighted by Gasteiger charge is -2.23. The lowest BCUT2D eigenvalue weighted by Crippen LogP contribution is -2.40. The molecule has 1 saturated heterocycles. The fraction of sp³-hybridized carbons (Fsp3) is 0.632. The summed E-state index contributed by atoms with van der Waals surface area (Å²) in [6.45, 7) is 6.32. The summed E-state index contributed by atoms with van der Waals surface area (Å²) >= 11 is 5.93. The van der Waals surface area contributed by atoms with Crippen LogP contribution in [-0.4, -0.2) is 41.9 Å². The Kier molecular flexibility index (Phi) is 6.89. The number of carbonyl (C=O) groups excluding carboxylic acids is 1. The van der Waals surface area contributed by atoms with E-state index in [0.29, 0.717) is 44.5 Å². The normalized spacial score (nSPS) is 27.9. The largest absolute Gasteiger partial charge is 0.444 e. The minimum absolute atomic E-state index is 0.171. The molecule has 0 aromatic carbocycles. The topological polar surface area (TPSA) is 41.6 Å². The number of allylic oxidation sites excluding steroid dienone is 5. The third-order valence-corrected chi connectivity index (χ3v) is 4.49. The van der Waals surface area contributed by atoms with E-state index in [9.17, 15) is 18.0 Å². The number of nitrogens with one attached hydrogen (secondary N) is 1. The number of alkyl halides is 3. The Morgan fingerprint density at radius 2 is 2.00 bits per heavy atom. The van der Waals surface area contributed by atoms with Crippen molar-refractivity contribution in [1.82, 2.24) is 10.2 Å². The van der Waals surface area contributed by atoms with Crippen molar-refractivity contribution in [2.24, 2.45) is 0 Å². The van der Waals surface area contributed by atoms with E-state index >= 15 is 0 Å². The zero-order chi connectivity index (χ0) is 20.2. The molecule has 1 fully saturated rings. The molecule has 1 amide bonds. The number of nitrogens with zero attached hydrogens (tertiary/aromatic N) is 1. The van der Waals surface area contributed by atoms with E-state index in [2.05, 4.69) is 5.32 Å². The van der Waals surface area contributed by atoms with Gasteiger partial charge in [0.2, 0.25) is 0 Å². The van der Waals surface area contributed by atoms with Crippen LogP contribution in [0.4, 0.5) is 18.0 Å². The number of ether oxygens (including phenoxy) is 1. The highest BCUT2D eigenvalue weighted by Gasteiger charge is 2.34. The van der Waals surface area contributed by atoms with Crippen molar-refractivity contribution in [1.29, 1.82) is 0 Å². The van der Waals surface area contributed by atoms with Crippen molar-refractivity contribution in [3.63, 3.8) is 0 Å². The molecule has 0 spiro atoms. The molecule has 0 aromatic rings. The Morgan fingerprint density at radius 1 is 1.30 bits per heavy atom. The molecule has 1 N–H and O–H groups in total. The van der Waals surface area contributed by atoms with Crippen molar-refractivity contribution in [2.75, 3.05) is 13.1 Å². The van der Waals surface area contributed by atoms with Crippen LogP contribution >= 0.6 is 11.6 Å². The summed E-state index contributed by atoms with van der Waals surface area (Å²) in [5.41, 5.74) is -0.846. The summed E-state index contributed by atoms with van der Waals surface area (Å²) in [7, 11) is 0. The molecule has 0 bridgehead atoms. The van der Waals surface area contributed by atoms with Gasteiger partial charge in [0.15, 0.2) is 0 Å². The third-order valence-electron chi connectivity index (χ3n) is 4.19. The number of hydrogen-bond donors (Lipinski definition) is 1. The second-order valence-corrected chi connectivity index (χ2v) is 8.27. The molecule has 0 radical (unpaired) electrons. The zero-order valence-electron chi connectivity index (χ0n) is 15.8. The van der Waals surface area contributed by atoms with Crippen molar-refractivity contribution >= 4 is 17.7 Å². The molecule has 2 rings (SSSR count). The van der Waals surface area contributed by atoms with Gasteiger partial charge in [-0.15, -0.1) is 0 Å². The number of amides is 1.